The number of alkyl halides is 1. The Hall–Kier alpha value is -0.700. The molecular weight excluding hydrogens is 162 g/mol. The van der Waals surface area contributed by atoms with Gasteiger partial charge in [-0.1, -0.05) is 0 Å². The Morgan fingerprint density at radius 2 is 1.55 bits per heavy atom. The number of hydrogen-bond acceptors (Lipinski definition) is 3. The fraction of sp³-hybridized carbons (Fsp3) is 0.571. The van der Waals surface area contributed by atoms with Gasteiger partial charge < -0.3 is 0 Å². The van der Waals surface area contributed by atoms with Gasteiger partial charge in [0.05, 0.1) is 5.38 Å². The molecule has 0 fully saturated rings. The lowest BCUT2D eigenvalue weighted by Crippen LogP contribution is -2.02. The summed E-state index contributed by atoms with van der Waals surface area (Å²) in [5, 5.41) is -0.143. The van der Waals surface area contributed by atoms with Crippen molar-refractivity contribution in [2.24, 2.45) is 0 Å². The zero-order chi connectivity index (χ0) is 8.43. The van der Waals surface area contributed by atoms with E-state index in [-0.39, 0.29) is 5.38 Å². The molecule has 0 saturated heterocycles. The van der Waals surface area contributed by atoms with Crippen LogP contribution in [0.15, 0.2) is 0 Å². The molecule has 1 aromatic heterocycles. The molecule has 1 rings (SSSR count). The monoisotopic (exact) mass is 171 g/mol. The molecule has 0 bridgehead atoms. The highest BCUT2D eigenvalue weighted by atomic mass is 35.5. The first-order valence-electron chi connectivity index (χ1n) is 3.43. The normalized spacial score (nSPS) is 13.1. The van der Waals surface area contributed by atoms with Gasteiger partial charge in [0, 0.05) is 0 Å². The largest absolute Gasteiger partial charge is 0.219 e. The van der Waals surface area contributed by atoms with Crippen LogP contribution in [0.25, 0.3) is 0 Å². The average molecular weight is 172 g/mol. The molecule has 1 atom stereocenters. The van der Waals surface area contributed by atoms with Crippen molar-refractivity contribution >= 4 is 11.6 Å². The number of aromatic nitrogens is 3. The minimum absolute atomic E-state index is 0.143. The maximum absolute atomic E-state index is 5.79. The van der Waals surface area contributed by atoms with E-state index < -0.39 is 0 Å². The van der Waals surface area contributed by atoms with Crippen molar-refractivity contribution in [2.75, 3.05) is 0 Å². The zero-order valence-corrected chi connectivity index (χ0v) is 7.55. The van der Waals surface area contributed by atoms with Crippen molar-refractivity contribution in [3.05, 3.63) is 17.5 Å². The lowest BCUT2D eigenvalue weighted by atomic mass is 10.4. The number of aryl methyl sites for hydroxylation is 2. The Morgan fingerprint density at radius 1 is 1.09 bits per heavy atom. The van der Waals surface area contributed by atoms with E-state index in [2.05, 4.69) is 15.0 Å². The highest BCUT2D eigenvalue weighted by Gasteiger charge is 2.05. The van der Waals surface area contributed by atoms with Crippen LogP contribution in [0.5, 0.6) is 0 Å². The molecule has 0 aromatic carbocycles. The van der Waals surface area contributed by atoms with E-state index in [1.54, 1.807) is 0 Å². The van der Waals surface area contributed by atoms with Crippen molar-refractivity contribution < 1.29 is 0 Å². The van der Waals surface area contributed by atoms with Gasteiger partial charge in [-0.15, -0.1) is 11.6 Å². The standard InChI is InChI=1S/C7H10ClN3/c1-4(8)7-10-5(2)9-6(3)11-7/h4H,1-3H3. The van der Waals surface area contributed by atoms with Gasteiger partial charge in [-0.05, 0) is 20.8 Å². The number of nitrogens with zero attached hydrogens (tertiary/aromatic N) is 3. The van der Waals surface area contributed by atoms with E-state index in [9.17, 15) is 0 Å². The Kier molecular flexibility index (Phi) is 2.39. The first-order valence-corrected chi connectivity index (χ1v) is 3.86. The third-order valence-electron chi connectivity index (χ3n) is 1.23. The third kappa shape index (κ3) is 2.12. The highest BCUT2D eigenvalue weighted by molar-refractivity contribution is 6.20. The van der Waals surface area contributed by atoms with E-state index in [4.69, 9.17) is 11.6 Å². The summed E-state index contributed by atoms with van der Waals surface area (Å²) < 4.78 is 0. The van der Waals surface area contributed by atoms with E-state index >= 15 is 0 Å². The molecule has 0 N–H and O–H groups in total. The molecule has 4 heteroatoms. The van der Waals surface area contributed by atoms with Gasteiger partial charge in [0.15, 0.2) is 0 Å². The topological polar surface area (TPSA) is 38.7 Å². The van der Waals surface area contributed by atoms with E-state index in [0.717, 1.165) is 11.6 Å². The molecule has 0 aliphatic rings. The van der Waals surface area contributed by atoms with Crippen LogP contribution >= 0.6 is 11.6 Å². The second-order valence-corrected chi connectivity index (χ2v) is 3.06. The van der Waals surface area contributed by atoms with E-state index in [1.165, 1.54) is 0 Å². The number of hydrogen-bond donors (Lipinski definition) is 0. The molecule has 0 aliphatic carbocycles. The van der Waals surface area contributed by atoms with E-state index in [1.807, 2.05) is 20.8 Å². The minimum atomic E-state index is -0.143. The third-order valence-corrected chi connectivity index (χ3v) is 1.43. The number of rotatable bonds is 1. The van der Waals surface area contributed by atoms with Crippen molar-refractivity contribution in [1.29, 1.82) is 0 Å². The van der Waals surface area contributed by atoms with Crippen LogP contribution in [-0.4, -0.2) is 15.0 Å². The first kappa shape index (κ1) is 8.40. The van der Waals surface area contributed by atoms with Crippen molar-refractivity contribution in [3.63, 3.8) is 0 Å². The summed E-state index contributed by atoms with van der Waals surface area (Å²) in [5.74, 6) is 2.09. The molecule has 1 aromatic rings. The minimum Gasteiger partial charge on any atom is -0.219 e. The van der Waals surface area contributed by atoms with Gasteiger partial charge in [-0.2, -0.15) is 0 Å². The van der Waals surface area contributed by atoms with Crippen molar-refractivity contribution in [2.45, 2.75) is 26.1 Å². The molecule has 60 valence electrons. The highest BCUT2D eigenvalue weighted by Crippen LogP contribution is 2.13. The predicted octanol–water partition coefficient (Wildman–Crippen LogP) is 1.79. The van der Waals surface area contributed by atoms with Crippen LogP contribution < -0.4 is 0 Å². The molecule has 0 saturated carbocycles. The van der Waals surface area contributed by atoms with Crippen LogP contribution in [0, 0.1) is 13.8 Å². The molecule has 0 radical (unpaired) electrons. The van der Waals surface area contributed by atoms with Gasteiger partial charge in [-0.25, -0.2) is 15.0 Å². The second-order valence-electron chi connectivity index (χ2n) is 2.40. The molecule has 0 spiro atoms. The molecule has 1 unspecified atom stereocenters. The Balaban J connectivity index is 3.08. The molecule has 1 heterocycles. The maximum Gasteiger partial charge on any atom is 0.150 e. The molecular formula is C7H10ClN3. The zero-order valence-electron chi connectivity index (χ0n) is 6.80. The quantitative estimate of drug-likeness (QED) is 0.605. The fourth-order valence-corrected chi connectivity index (χ4v) is 0.916. The van der Waals surface area contributed by atoms with Gasteiger partial charge in [0.1, 0.15) is 17.5 Å². The number of halogens is 1. The predicted molar refractivity (Wildman–Crippen MR) is 43.6 cm³/mol. The van der Waals surface area contributed by atoms with Gasteiger partial charge in [-0.3, -0.25) is 0 Å². The van der Waals surface area contributed by atoms with Gasteiger partial charge in [0.2, 0.25) is 0 Å². The smallest absolute Gasteiger partial charge is 0.150 e. The van der Waals surface area contributed by atoms with Crippen LogP contribution in [0.4, 0.5) is 0 Å². The summed E-state index contributed by atoms with van der Waals surface area (Å²) in [4.78, 5) is 12.2. The van der Waals surface area contributed by atoms with Crippen molar-refractivity contribution in [3.8, 4) is 0 Å². The SMILES string of the molecule is Cc1nc(C)nc(C(C)Cl)n1. The first-order chi connectivity index (χ1) is 5.09. The fourth-order valence-electron chi connectivity index (χ4n) is 0.819. The lowest BCUT2D eigenvalue weighted by Gasteiger charge is -2.02. The molecule has 0 amide bonds. The summed E-state index contributed by atoms with van der Waals surface area (Å²) in [5.41, 5.74) is 0. The van der Waals surface area contributed by atoms with Crippen LogP contribution in [-0.2, 0) is 0 Å². The summed E-state index contributed by atoms with van der Waals surface area (Å²) in [7, 11) is 0. The summed E-state index contributed by atoms with van der Waals surface area (Å²) in [6, 6.07) is 0. The van der Waals surface area contributed by atoms with Crippen LogP contribution in [0.3, 0.4) is 0 Å². The maximum atomic E-state index is 5.79. The van der Waals surface area contributed by atoms with Gasteiger partial charge >= 0.3 is 0 Å². The summed E-state index contributed by atoms with van der Waals surface area (Å²) in [6.07, 6.45) is 0. The molecule has 11 heavy (non-hydrogen) atoms. The van der Waals surface area contributed by atoms with Gasteiger partial charge in [0.25, 0.3) is 0 Å². The van der Waals surface area contributed by atoms with E-state index in [0.29, 0.717) is 5.82 Å². The Labute approximate surface area is 70.9 Å². The molecule has 3 nitrogen and oxygen atoms in total. The Bertz CT molecular complexity index is 240. The molecule has 0 aliphatic heterocycles. The van der Waals surface area contributed by atoms with Crippen LogP contribution in [0.1, 0.15) is 29.8 Å². The average Bonchev–Trinajstić information content (AvgIpc) is 1.85. The lowest BCUT2D eigenvalue weighted by molar-refractivity contribution is 0.815. The second kappa shape index (κ2) is 3.13. The Morgan fingerprint density at radius 3 is 1.91 bits per heavy atom. The van der Waals surface area contributed by atoms with Crippen LogP contribution in [0.2, 0.25) is 0 Å². The summed E-state index contributed by atoms with van der Waals surface area (Å²) >= 11 is 5.79. The van der Waals surface area contributed by atoms with Crippen molar-refractivity contribution in [1.82, 2.24) is 15.0 Å². The summed E-state index contributed by atoms with van der Waals surface area (Å²) in [6.45, 7) is 5.50.